The van der Waals surface area contributed by atoms with Gasteiger partial charge in [-0.25, -0.2) is 4.98 Å². The fourth-order valence-electron chi connectivity index (χ4n) is 2.02. The van der Waals surface area contributed by atoms with Gasteiger partial charge in [0.1, 0.15) is 0 Å². The van der Waals surface area contributed by atoms with Crippen molar-refractivity contribution < 1.29 is 9.21 Å². The maximum Gasteiger partial charge on any atom is 0.293 e. The number of amides is 1. The van der Waals surface area contributed by atoms with Crippen LogP contribution in [0.25, 0.3) is 11.0 Å². The van der Waals surface area contributed by atoms with Gasteiger partial charge in [-0.1, -0.05) is 0 Å². The number of carbonyl (C=O) groups is 1. The highest BCUT2D eigenvalue weighted by molar-refractivity contribution is 6.04. The number of nitrogens with zero attached hydrogens (tertiary/aromatic N) is 3. The highest BCUT2D eigenvalue weighted by Crippen LogP contribution is 2.21. The molecule has 0 aliphatic rings. The largest absolute Gasteiger partial charge is 0.459 e. The number of aromatic nitrogens is 2. The van der Waals surface area contributed by atoms with Crippen LogP contribution >= 0.6 is 0 Å². The average molecular weight is 255 g/mol. The van der Waals surface area contributed by atoms with Crippen LogP contribution in [-0.2, 0) is 7.05 Å². The summed E-state index contributed by atoms with van der Waals surface area (Å²) in [4.78, 5) is 18.0. The second-order valence-corrected chi connectivity index (χ2v) is 4.37. The molecule has 2 heterocycles. The fraction of sp³-hybridized carbons (Fsp3) is 0.143. The van der Waals surface area contributed by atoms with Crippen molar-refractivity contribution in [2.75, 3.05) is 11.9 Å². The van der Waals surface area contributed by atoms with Crippen molar-refractivity contribution in [2.24, 2.45) is 7.05 Å². The van der Waals surface area contributed by atoms with Gasteiger partial charge in [-0.2, -0.15) is 0 Å². The van der Waals surface area contributed by atoms with Crippen molar-refractivity contribution in [3.63, 3.8) is 0 Å². The van der Waals surface area contributed by atoms with Crippen LogP contribution in [0.4, 0.5) is 5.69 Å². The van der Waals surface area contributed by atoms with Gasteiger partial charge in [-0.15, -0.1) is 0 Å². The second-order valence-electron chi connectivity index (χ2n) is 4.37. The molecule has 0 unspecified atom stereocenters. The topological polar surface area (TPSA) is 51.3 Å². The first-order valence-electron chi connectivity index (χ1n) is 5.89. The molecule has 1 amide bonds. The van der Waals surface area contributed by atoms with Crippen LogP contribution in [0, 0.1) is 0 Å². The number of hydrogen-bond acceptors (Lipinski definition) is 3. The third-order valence-corrected chi connectivity index (χ3v) is 3.13. The van der Waals surface area contributed by atoms with Gasteiger partial charge in [-0.3, -0.25) is 4.79 Å². The summed E-state index contributed by atoms with van der Waals surface area (Å²) in [6, 6.07) is 9.08. The van der Waals surface area contributed by atoms with Gasteiger partial charge in [0.25, 0.3) is 5.91 Å². The summed E-state index contributed by atoms with van der Waals surface area (Å²) in [6.07, 6.45) is 3.24. The normalized spacial score (nSPS) is 10.8. The Kier molecular flexibility index (Phi) is 2.59. The zero-order chi connectivity index (χ0) is 13.4. The zero-order valence-electron chi connectivity index (χ0n) is 10.7. The molecule has 0 atom stereocenters. The van der Waals surface area contributed by atoms with Crippen molar-refractivity contribution in [1.29, 1.82) is 0 Å². The minimum atomic E-state index is -0.180. The Hall–Kier alpha value is -2.56. The van der Waals surface area contributed by atoms with Crippen molar-refractivity contribution in [1.82, 2.24) is 9.55 Å². The van der Waals surface area contributed by atoms with E-state index in [0.717, 1.165) is 16.7 Å². The molecule has 0 saturated heterocycles. The number of furan rings is 1. The predicted molar refractivity (Wildman–Crippen MR) is 72.2 cm³/mol. The molecule has 0 N–H and O–H groups in total. The quantitative estimate of drug-likeness (QED) is 0.706. The van der Waals surface area contributed by atoms with Crippen LogP contribution in [-0.4, -0.2) is 22.5 Å². The molecule has 0 saturated carbocycles. The van der Waals surface area contributed by atoms with E-state index >= 15 is 0 Å². The lowest BCUT2D eigenvalue weighted by atomic mass is 10.2. The smallest absolute Gasteiger partial charge is 0.293 e. The first-order chi connectivity index (χ1) is 9.16. The molecular weight excluding hydrogens is 242 g/mol. The molecule has 2 aromatic heterocycles. The Labute approximate surface area is 110 Å². The van der Waals surface area contributed by atoms with Crippen LogP contribution < -0.4 is 4.90 Å². The second kappa shape index (κ2) is 4.28. The van der Waals surface area contributed by atoms with Crippen molar-refractivity contribution in [3.8, 4) is 0 Å². The van der Waals surface area contributed by atoms with Crippen LogP contribution in [0.1, 0.15) is 10.6 Å². The minimum absolute atomic E-state index is 0.180. The number of fused-ring (bicyclic) bond motifs is 1. The zero-order valence-corrected chi connectivity index (χ0v) is 10.7. The number of aryl methyl sites for hydroxylation is 1. The predicted octanol–water partition coefficient (Wildman–Crippen LogP) is 2.44. The number of anilines is 1. The van der Waals surface area contributed by atoms with E-state index in [1.165, 1.54) is 6.26 Å². The summed E-state index contributed by atoms with van der Waals surface area (Å²) in [5, 5.41) is 0. The van der Waals surface area contributed by atoms with Gasteiger partial charge in [0, 0.05) is 19.8 Å². The fourth-order valence-corrected chi connectivity index (χ4v) is 2.02. The highest BCUT2D eigenvalue weighted by atomic mass is 16.3. The summed E-state index contributed by atoms with van der Waals surface area (Å²) >= 11 is 0. The summed E-state index contributed by atoms with van der Waals surface area (Å²) < 4.78 is 7.06. The third kappa shape index (κ3) is 1.89. The van der Waals surface area contributed by atoms with E-state index < -0.39 is 0 Å². The Morgan fingerprint density at radius 1 is 1.37 bits per heavy atom. The molecular formula is C14H13N3O2. The molecule has 3 aromatic rings. The van der Waals surface area contributed by atoms with Gasteiger partial charge in [0.2, 0.25) is 0 Å². The SMILES string of the molecule is CN(C(=O)c1ccco1)c1ccc2c(c1)ncn2C. The first kappa shape index (κ1) is 11.5. The number of benzene rings is 1. The van der Waals surface area contributed by atoms with Gasteiger partial charge >= 0.3 is 0 Å². The molecule has 0 aliphatic carbocycles. The van der Waals surface area contributed by atoms with Crippen LogP contribution in [0.15, 0.2) is 47.3 Å². The number of carbonyl (C=O) groups excluding carboxylic acids is 1. The average Bonchev–Trinajstić information content (AvgIpc) is 3.07. The van der Waals surface area contributed by atoms with Gasteiger partial charge in [0.15, 0.2) is 5.76 Å². The van der Waals surface area contributed by atoms with Crippen molar-refractivity contribution >= 4 is 22.6 Å². The lowest BCUT2D eigenvalue weighted by molar-refractivity contribution is 0.0966. The molecule has 0 bridgehead atoms. The molecule has 0 spiro atoms. The Morgan fingerprint density at radius 2 is 2.21 bits per heavy atom. The maximum atomic E-state index is 12.2. The van der Waals surface area contributed by atoms with Crippen molar-refractivity contribution in [3.05, 3.63) is 48.7 Å². The minimum Gasteiger partial charge on any atom is -0.459 e. The maximum absolute atomic E-state index is 12.2. The lowest BCUT2D eigenvalue weighted by Gasteiger charge is -2.15. The molecule has 0 fully saturated rings. The van der Waals surface area contributed by atoms with E-state index in [9.17, 15) is 4.79 Å². The third-order valence-electron chi connectivity index (χ3n) is 3.13. The van der Waals surface area contributed by atoms with Gasteiger partial charge in [0.05, 0.1) is 23.6 Å². The molecule has 1 aromatic carbocycles. The Morgan fingerprint density at radius 3 is 2.95 bits per heavy atom. The molecule has 96 valence electrons. The van der Waals surface area contributed by atoms with Crippen LogP contribution in [0.5, 0.6) is 0 Å². The number of hydrogen-bond donors (Lipinski definition) is 0. The van der Waals surface area contributed by atoms with Crippen LogP contribution in [0.2, 0.25) is 0 Å². The van der Waals surface area contributed by atoms with Crippen LogP contribution in [0.3, 0.4) is 0 Å². The lowest BCUT2D eigenvalue weighted by Crippen LogP contribution is -2.25. The number of rotatable bonds is 2. The van der Waals surface area contributed by atoms with E-state index in [1.54, 1.807) is 30.4 Å². The molecule has 0 aliphatic heterocycles. The first-order valence-corrected chi connectivity index (χ1v) is 5.89. The molecule has 5 nitrogen and oxygen atoms in total. The van der Waals surface area contributed by atoms with E-state index in [0.29, 0.717) is 5.76 Å². The summed E-state index contributed by atoms with van der Waals surface area (Å²) in [7, 11) is 3.65. The van der Waals surface area contributed by atoms with E-state index in [2.05, 4.69) is 4.98 Å². The highest BCUT2D eigenvalue weighted by Gasteiger charge is 2.16. The van der Waals surface area contributed by atoms with E-state index in [4.69, 9.17) is 4.42 Å². The summed E-state index contributed by atoms with van der Waals surface area (Å²) in [5.41, 5.74) is 2.68. The summed E-state index contributed by atoms with van der Waals surface area (Å²) in [5.74, 6) is 0.142. The van der Waals surface area contributed by atoms with Gasteiger partial charge < -0.3 is 13.9 Å². The molecule has 19 heavy (non-hydrogen) atoms. The van der Waals surface area contributed by atoms with Crippen molar-refractivity contribution in [2.45, 2.75) is 0 Å². The summed E-state index contributed by atoms with van der Waals surface area (Å²) in [6.45, 7) is 0. The Balaban J connectivity index is 1.97. The number of imidazole rings is 1. The monoisotopic (exact) mass is 255 g/mol. The van der Waals surface area contributed by atoms with E-state index in [-0.39, 0.29) is 5.91 Å². The molecule has 0 radical (unpaired) electrons. The molecule has 3 rings (SSSR count). The van der Waals surface area contributed by atoms with Gasteiger partial charge in [-0.05, 0) is 30.3 Å². The Bertz CT molecular complexity index is 728. The van der Waals surface area contributed by atoms with E-state index in [1.807, 2.05) is 29.8 Å². The standard InChI is InChI=1S/C14H13N3O2/c1-16-9-15-11-8-10(5-6-12(11)16)17(2)14(18)13-4-3-7-19-13/h3-9H,1-2H3. The molecule has 5 heteroatoms.